The van der Waals surface area contributed by atoms with Gasteiger partial charge in [0, 0.05) is 31.9 Å². The Hall–Kier alpha value is -1.62. The summed E-state index contributed by atoms with van der Waals surface area (Å²) in [5.41, 5.74) is 7.45. The molecule has 4 aliphatic rings. The third-order valence-corrected chi connectivity index (χ3v) is 12.6. The van der Waals surface area contributed by atoms with Gasteiger partial charge in [0.2, 0.25) is 0 Å². The van der Waals surface area contributed by atoms with E-state index in [1.807, 2.05) is 24.5 Å². The van der Waals surface area contributed by atoms with Gasteiger partial charge < -0.3 is 0 Å². The van der Waals surface area contributed by atoms with Gasteiger partial charge in [0.05, 0.1) is 10.9 Å². The minimum absolute atomic E-state index is 0.129. The van der Waals surface area contributed by atoms with Crippen LogP contribution in [0, 0.1) is 23.7 Å². The van der Waals surface area contributed by atoms with Crippen molar-refractivity contribution in [3.63, 3.8) is 0 Å². The largest absolute Gasteiger partial charge is 0.256 e. The molecule has 4 saturated carbocycles. The molecule has 4 fully saturated rings. The van der Waals surface area contributed by atoms with Gasteiger partial charge in [-0.15, -0.1) is 9.24 Å². The SMILES string of the molecule is CC(C)(C)c1ccc(C2(CP)C3CC4CC(C3)CC2C4)c(CP(c2ccccn2)c2ccccn2)c1. The van der Waals surface area contributed by atoms with Crippen molar-refractivity contribution < 1.29 is 0 Å². The van der Waals surface area contributed by atoms with Crippen molar-refractivity contribution in [1.29, 1.82) is 0 Å². The van der Waals surface area contributed by atoms with E-state index in [2.05, 4.69) is 72.5 Å². The molecule has 0 radical (unpaired) electrons. The predicted molar refractivity (Wildman–Crippen MR) is 157 cm³/mol. The van der Waals surface area contributed by atoms with Gasteiger partial charge in [0.15, 0.2) is 0 Å². The summed E-state index contributed by atoms with van der Waals surface area (Å²) in [6.45, 7) is 7.04. The first-order chi connectivity index (χ1) is 17.4. The summed E-state index contributed by atoms with van der Waals surface area (Å²) in [6.07, 6.45) is 13.4. The molecule has 1 aromatic carbocycles. The van der Waals surface area contributed by atoms with Gasteiger partial charge in [-0.25, -0.2) is 0 Å². The minimum atomic E-state index is -0.684. The second-order valence-corrected chi connectivity index (χ2v) is 15.1. The predicted octanol–water partition coefficient (Wildman–Crippen LogP) is 6.98. The Morgan fingerprint density at radius 2 is 1.42 bits per heavy atom. The first-order valence-corrected chi connectivity index (χ1v) is 16.2. The molecule has 7 rings (SSSR count). The number of pyridine rings is 2. The number of benzene rings is 1. The molecule has 1 atom stereocenters. The van der Waals surface area contributed by atoms with E-state index in [9.17, 15) is 0 Å². The summed E-state index contributed by atoms with van der Waals surface area (Å²) < 4.78 is 0. The average Bonchev–Trinajstić information content (AvgIpc) is 2.88. The lowest BCUT2D eigenvalue weighted by atomic mass is 9.44. The van der Waals surface area contributed by atoms with Crippen LogP contribution in [-0.4, -0.2) is 16.1 Å². The van der Waals surface area contributed by atoms with Crippen LogP contribution < -0.4 is 10.9 Å². The van der Waals surface area contributed by atoms with Crippen molar-refractivity contribution in [2.75, 3.05) is 6.16 Å². The molecule has 3 aromatic rings. The monoisotopic (exact) mass is 514 g/mol. The van der Waals surface area contributed by atoms with Crippen molar-refractivity contribution in [2.45, 2.75) is 69.9 Å². The summed E-state index contributed by atoms with van der Waals surface area (Å²) in [5.74, 6) is 3.63. The minimum Gasteiger partial charge on any atom is -0.256 e. The number of hydrogen-bond donors (Lipinski definition) is 0. The van der Waals surface area contributed by atoms with Crippen LogP contribution in [0.25, 0.3) is 0 Å². The van der Waals surface area contributed by atoms with Crippen LogP contribution in [0.1, 0.15) is 69.6 Å². The van der Waals surface area contributed by atoms with E-state index in [-0.39, 0.29) is 5.41 Å². The summed E-state index contributed by atoms with van der Waals surface area (Å²) >= 11 is 0. The van der Waals surface area contributed by atoms with Crippen LogP contribution in [0.15, 0.2) is 67.0 Å². The van der Waals surface area contributed by atoms with Crippen LogP contribution in [0.2, 0.25) is 0 Å². The second kappa shape index (κ2) is 9.60. The maximum atomic E-state index is 4.86. The Morgan fingerprint density at radius 3 is 1.89 bits per heavy atom. The zero-order chi connectivity index (χ0) is 24.9. The van der Waals surface area contributed by atoms with Crippen LogP contribution >= 0.6 is 17.2 Å². The molecule has 4 bridgehead atoms. The standard InChI is InChI=1S/C32H40N2P2/c1-31(2,3)25-10-11-28(32(21-35)26-15-22-14-23(17-26)18-27(32)16-22)24(19-25)20-36(29-8-4-6-12-33-29)30-9-5-7-13-34-30/h4-13,19,22-23,26-27H,14-18,20-21,35H2,1-3H3. The Morgan fingerprint density at radius 1 is 0.833 bits per heavy atom. The maximum absolute atomic E-state index is 4.86. The lowest BCUT2D eigenvalue weighted by Crippen LogP contribution is -2.56. The smallest absolute Gasteiger partial charge is 0.0695 e. The van der Waals surface area contributed by atoms with E-state index >= 15 is 0 Å². The first-order valence-electron chi connectivity index (χ1n) is 13.8. The first kappa shape index (κ1) is 24.7. The quantitative estimate of drug-likeness (QED) is 0.332. The zero-order valence-corrected chi connectivity index (χ0v) is 24.1. The van der Waals surface area contributed by atoms with Crippen molar-refractivity contribution in [3.8, 4) is 0 Å². The molecule has 1 unspecified atom stereocenters. The van der Waals surface area contributed by atoms with Gasteiger partial charge in [-0.1, -0.05) is 51.1 Å². The normalized spacial score (nSPS) is 29.1. The molecule has 0 N–H and O–H groups in total. The topological polar surface area (TPSA) is 25.8 Å². The third-order valence-electron chi connectivity index (χ3n) is 9.59. The van der Waals surface area contributed by atoms with Crippen LogP contribution in [-0.2, 0) is 17.0 Å². The molecule has 188 valence electrons. The molecule has 2 heterocycles. The molecular formula is C32H40N2P2. The number of aromatic nitrogens is 2. The van der Waals surface area contributed by atoms with E-state index in [1.54, 1.807) is 11.1 Å². The lowest BCUT2D eigenvalue weighted by Gasteiger charge is -2.62. The lowest BCUT2D eigenvalue weighted by molar-refractivity contribution is -0.0503. The van der Waals surface area contributed by atoms with Crippen LogP contribution in [0.4, 0.5) is 0 Å². The van der Waals surface area contributed by atoms with Gasteiger partial charge in [0.25, 0.3) is 0 Å². The fourth-order valence-corrected chi connectivity index (χ4v) is 11.0. The Bertz CT molecular complexity index is 1130. The summed E-state index contributed by atoms with van der Waals surface area (Å²) in [7, 11) is 2.53. The van der Waals surface area contributed by atoms with Gasteiger partial charge in [-0.3, -0.25) is 9.97 Å². The van der Waals surface area contributed by atoms with Crippen LogP contribution in [0.3, 0.4) is 0 Å². The number of rotatable bonds is 6. The Kier molecular flexibility index (Phi) is 6.59. The van der Waals surface area contributed by atoms with Gasteiger partial charge in [0.1, 0.15) is 0 Å². The fourth-order valence-electron chi connectivity index (χ4n) is 8.03. The fraction of sp³-hybridized carbons (Fsp3) is 0.500. The van der Waals surface area contributed by atoms with Gasteiger partial charge in [-0.05, 0) is 108 Å². The second-order valence-electron chi connectivity index (χ2n) is 12.6. The van der Waals surface area contributed by atoms with E-state index in [0.717, 1.165) is 29.8 Å². The highest BCUT2D eigenvalue weighted by atomic mass is 31.1. The molecule has 0 aliphatic heterocycles. The molecule has 0 amide bonds. The average molecular weight is 515 g/mol. The number of nitrogens with zero attached hydrogens (tertiary/aromatic N) is 2. The van der Waals surface area contributed by atoms with E-state index < -0.39 is 7.92 Å². The molecule has 36 heavy (non-hydrogen) atoms. The van der Waals surface area contributed by atoms with Crippen molar-refractivity contribution in [3.05, 3.63) is 83.7 Å². The molecular weight excluding hydrogens is 474 g/mol. The zero-order valence-electron chi connectivity index (χ0n) is 22.0. The van der Waals surface area contributed by atoms with E-state index in [0.29, 0.717) is 5.41 Å². The van der Waals surface area contributed by atoms with Crippen molar-refractivity contribution >= 4 is 28.0 Å². The summed E-state index contributed by atoms with van der Waals surface area (Å²) in [5, 5.41) is 0. The van der Waals surface area contributed by atoms with E-state index in [1.165, 1.54) is 54.7 Å². The Balaban J connectivity index is 1.49. The highest BCUT2D eigenvalue weighted by molar-refractivity contribution is 7.71. The maximum Gasteiger partial charge on any atom is 0.0695 e. The molecule has 2 nitrogen and oxygen atoms in total. The van der Waals surface area contributed by atoms with Crippen LogP contribution in [0.5, 0.6) is 0 Å². The molecule has 0 spiro atoms. The van der Waals surface area contributed by atoms with Gasteiger partial charge in [-0.2, -0.15) is 0 Å². The summed E-state index contributed by atoms with van der Waals surface area (Å²) in [6, 6.07) is 20.3. The Labute approximate surface area is 221 Å². The molecule has 0 saturated heterocycles. The van der Waals surface area contributed by atoms with E-state index in [4.69, 9.17) is 9.97 Å². The highest BCUT2D eigenvalue weighted by Gasteiger charge is 2.57. The molecule has 4 heteroatoms. The van der Waals surface area contributed by atoms with Crippen molar-refractivity contribution in [1.82, 2.24) is 9.97 Å². The third kappa shape index (κ3) is 4.27. The molecule has 4 aliphatic carbocycles. The van der Waals surface area contributed by atoms with Gasteiger partial charge >= 0.3 is 0 Å². The highest BCUT2D eigenvalue weighted by Crippen LogP contribution is 2.64. The summed E-state index contributed by atoms with van der Waals surface area (Å²) in [4.78, 5) is 9.72. The van der Waals surface area contributed by atoms with Crippen molar-refractivity contribution in [2.24, 2.45) is 23.7 Å². The molecule has 2 aromatic heterocycles. The number of hydrogen-bond acceptors (Lipinski definition) is 2.